The van der Waals surface area contributed by atoms with Gasteiger partial charge in [-0.2, -0.15) is 0 Å². The maximum absolute atomic E-state index is 12.8. The number of rotatable bonds is 11. The topological polar surface area (TPSA) is 83.9 Å². The van der Waals surface area contributed by atoms with Crippen LogP contribution in [-0.4, -0.2) is 56.1 Å². The molecule has 8 heteroatoms. The summed E-state index contributed by atoms with van der Waals surface area (Å²) in [5.74, 6) is 1.14. The van der Waals surface area contributed by atoms with Gasteiger partial charge in [-0.15, -0.1) is 10.2 Å². The molecule has 2 aromatic heterocycles. The van der Waals surface area contributed by atoms with Gasteiger partial charge in [0.25, 0.3) is 0 Å². The molecule has 1 N–H and O–H groups in total. The highest BCUT2D eigenvalue weighted by atomic mass is 32.2. The number of ketones is 2. The van der Waals surface area contributed by atoms with Gasteiger partial charge in [-0.25, -0.2) is 0 Å². The van der Waals surface area contributed by atoms with Crippen molar-refractivity contribution in [1.82, 2.24) is 24.6 Å². The molecule has 29 heavy (non-hydrogen) atoms. The summed E-state index contributed by atoms with van der Waals surface area (Å²) in [5, 5.41) is 9.62. The molecule has 2 heterocycles. The van der Waals surface area contributed by atoms with Crippen molar-refractivity contribution in [2.45, 2.75) is 71.6 Å². The number of thioether (sulfide) groups is 1. The molecule has 0 bridgehead atoms. The Morgan fingerprint density at radius 3 is 2.41 bits per heavy atom. The van der Waals surface area contributed by atoms with Crippen molar-refractivity contribution in [3.63, 3.8) is 0 Å². The molecule has 0 amide bonds. The molecule has 0 unspecified atom stereocenters. The third-order valence-electron chi connectivity index (χ3n) is 5.19. The van der Waals surface area contributed by atoms with E-state index in [-0.39, 0.29) is 23.4 Å². The number of nitrogens with zero attached hydrogens (tertiary/aromatic N) is 4. The van der Waals surface area contributed by atoms with E-state index in [1.54, 1.807) is 0 Å². The zero-order valence-corrected chi connectivity index (χ0v) is 19.4. The number of hydrogen-bond donors (Lipinski definition) is 1. The van der Waals surface area contributed by atoms with Crippen LogP contribution in [0.2, 0.25) is 0 Å². The fraction of sp³-hybridized carbons (Fsp3) is 0.619. The maximum Gasteiger partial charge on any atom is 0.191 e. The van der Waals surface area contributed by atoms with Gasteiger partial charge < -0.3 is 9.55 Å². The van der Waals surface area contributed by atoms with Crippen LogP contribution in [0.1, 0.15) is 84.0 Å². The van der Waals surface area contributed by atoms with Crippen molar-refractivity contribution < 1.29 is 9.59 Å². The molecule has 0 aromatic carbocycles. The summed E-state index contributed by atoms with van der Waals surface area (Å²) in [5.41, 5.74) is 2.60. The number of aromatic amines is 1. The average molecular weight is 420 g/mol. The number of carbonyl (C=O) groups is 2. The molecule has 160 valence electrons. The number of aromatic nitrogens is 4. The van der Waals surface area contributed by atoms with Gasteiger partial charge in [0, 0.05) is 17.8 Å². The first-order valence-corrected chi connectivity index (χ1v) is 11.2. The quantitative estimate of drug-likeness (QED) is 0.434. The number of unbranched alkanes of at least 4 members (excludes halogenated alkanes) is 1. The maximum atomic E-state index is 12.8. The van der Waals surface area contributed by atoms with Crippen LogP contribution in [0.3, 0.4) is 0 Å². The van der Waals surface area contributed by atoms with Gasteiger partial charge in [0.2, 0.25) is 0 Å². The van der Waals surface area contributed by atoms with E-state index in [2.05, 4.69) is 38.5 Å². The monoisotopic (exact) mass is 419 g/mol. The molecule has 0 aliphatic carbocycles. The van der Waals surface area contributed by atoms with Crippen LogP contribution in [-0.2, 0) is 6.54 Å². The van der Waals surface area contributed by atoms with Crippen molar-refractivity contribution in [1.29, 1.82) is 0 Å². The summed E-state index contributed by atoms with van der Waals surface area (Å²) in [6, 6.07) is 0.191. The first-order chi connectivity index (χ1) is 13.7. The predicted molar refractivity (Wildman–Crippen MR) is 117 cm³/mol. The molecule has 0 aliphatic heterocycles. The lowest BCUT2D eigenvalue weighted by atomic mass is 10.1. The summed E-state index contributed by atoms with van der Waals surface area (Å²) in [6.45, 7) is 10.3. The number of H-pyrrole nitrogens is 1. The Morgan fingerprint density at radius 1 is 1.21 bits per heavy atom. The first-order valence-electron chi connectivity index (χ1n) is 10.2. The summed E-state index contributed by atoms with van der Waals surface area (Å²) in [6.07, 6.45) is 3.05. The smallest absolute Gasteiger partial charge is 0.191 e. The number of hydrogen-bond acceptors (Lipinski definition) is 6. The van der Waals surface area contributed by atoms with E-state index in [9.17, 15) is 9.59 Å². The van der Waals surface area contributed by atoms with Crippen LogP contribution in [0, 0.1) is 13.8 Å². The van der Waals surface area contributed by atoms with Crippen molar-refractivity contribution >= 4 is 23.3 Å². The van der Waals surface area contributed by atoms with E-state index in [4.69, 9.17) is 0 Å². The molecule has 0 fully saturated rings. The Kier molecular flexibility index (Phi) is 8.22. The van der Waals surface area contributed by atoms with Crippen LogP contribution in [0.4, 0.5) is 0 Å². The van der Waals surface area contributed by atoms with Crippen LogP contribution in [0.25, 0.3) is 0 Å². The van der Waals surface area contributed by atoms with Crippen LogP contribution >= 0.6 is 11.8 Å². The normalized spacial score (nSPS) is 12.6. The number of aryl methyl sites for hydroxylation is 1. The second kappa shape index (κ2) is 10.2. The lowest BCUT2D eigenvalue weighted by molar-refractivity contribution is 0.101. The molecule has 0 saturated heterocycles. The SMILES string of the molecule is CCCCn1c(SCC(=O)c2[nH]c(C)c(C(C)=O)c2C)nnc1[C@H](CC)N(C)C. The Hall–Kier alpha value is -1.93. The number of carbonyl (C=O) groups excluding carboxylic acids is 2. The van der Waals surface area contributed by atoms with E-state index < -0.39 is 0 Å². The third kappa shape index (κ3) is 5.17. The highest BCUT2D eigenvalue weighted by molar-refractivity contribution is 7.99. The average Bonchev–Trinajstić information content (AvgIpc) is 3.18. The Bertz CT molecular complexity index is 869. The van der Waals surface area contributed by atoms with Gasteiger partial charge in [0.15, 0.2) is 22.5 Å². The number of Topliss-reactive ketones (excluding diaryl/α,β-unsaturated/α-hetero) is 2. The third-order valence-corrected chi connectivity index (χ3v) is 6.16. The molecule has 7 nitrogen and oxygen atoms in total. The van der Waals surface area contributed by atoms with Crippen LogP contribution < -0.4 is 0 Å². The molecular weight excluding hydrogens is 386 g/mol. The molecule has 0 spiro atoms. The molecule has 2 rings (SSSR count). The summed E-state index contributed by atoms with van der Waals surface area (Å²) >= 11 is 1.41. The van der Waals surface area contributed by atoms with E-state index in [0.29, 0.717) is 11.3 Å². The molecular formula is C21H33N5O2S. The predicted octanol–water partition coefficient (Wildman–Crippen LogP) is 4.21. The zero-order chi connectivity index (χ0) is 21.7. The Balaban J connectivity index is 2.24. The summed E-state index contributed by atoms with van der Waals surface area (Å²) in [4.78, 5) is 29.9. The molecule has 1 atom stereocenters. The van der Waals surface area contributed by atoms with E-state index in [0.717, 1.165) is 48.0 Å². The van der Waals surface area contributed by atoms with E-state index in [1.807, 2.05) is 27.9 Å². The lowest BCUT2D eigenvalue weighted by Gasteiger charge is -2.23. The lowest BCUT2D eigenvalue weighted by Crippen LogP contribution is -2.23. The van der Waals surface area contributed by atoms with Gasteiger partial charge in [0.05, 0.1) is 17.5 Å². The van der Waals surface area contributed by atoms with Gasteiger partial charge in [-0.1, -0.05) is 32.0 Å². The van der Waals surface area contributed by atoms with E-state index in [1.165, 1.54) is 18.7 Å². The highest BCUT2D eigenvalue weighted by Crippen LogP contribution is 2.27. The van der Waals surface area contributed by atoms with Crippen LogP contribution in [0.15, 0.2) is 5.16 Å². The van der Waals surface area contributed by atoms with Crippen molar-refractivity contribution in [3.05, 3.63) is 28.3 Å². The standard InChI is InChI=1S/C21H33N5O2S/c1-8-10-11-26-20(16(9-2)25(6)7)23-24-21(26)29-12-17(28)19-13(3)18(15(5)27)14(4)22-19/h16,22H,8-12H2,1-7H3/t16-/m0/s1. The van der Waals surface area contributed by atoms with Gasteiger partial charge in [-0.3, -0.25) is 14.5 Å². The zero-order valence-electron chi connectivity index (χ0n) is 18.6. The minimum Gasteiger partial charge on any atom is -0.355 e. The summed E-state index contributed by atoms with van der Waals surface area (Å²) in [7, 11) is 4.10. The first kappa shape index (κ1) is 23.3. The second-order valence-electron chi connectivity index (χ2n) is 7.63. The van der Waals surface area contributed by atoms with Crippen LogP contribution in [0.5, 0.6) is 0 Å². The minimum atomic E-state index is -0.0330. The molecule has 2 aromatic rings. The van der Waals surface area contributed by atoms with Crippen molar-refractivity contribution in [2.75, 3.05) is 19.8 Å². The number of nitrogens with one attached hydrogen (secondary N) is 1. The second-order valence-corrected chi connectivity index (χ2v) is 8.57. The Labute approximate surface area is 177 Å². The fourth-order valence-electron chi connectivity index (χ4n) is 3.72. The molecule has 0 aliphatic rings. The van der Waals surface area contributed by atoms with Crippen molar-refractivity contribution in [3.8, 4) is 0 Å². The summed E-state index contributed by atoms with van der Waals surface area (Å²) < 4.78 is 2.16. The van der Waals surface area contributed by atoms with E-state index >= 15 is 0 Å². The van der Waals surface area contributed by atoms with Gasteiger partial charge in [0.1, 0.15) is 0 Å². The minimum absolute atomic E-state index is 0.0267. The van der Waals surface area contributed by atoms with Gasteiger partial charge in [-0.05, 0) is 53.3 Å². The largest absolute Gasteiger partial charge is 0.355 e. The Morgan fingerprint density at radius 2 is 1.90 bits per heavy atom. The fourth-order valence-corrected chi connectivity index (χ4v) is 4.56. The molecule has 0 radical (unpaired) electrons. The molecule has 0 saturated carbocycles. The van der Waals surface area contributed by atoms with Crippen molar-refractivity contribution in [2.24, 2.45) is 0 Å². The van der Waals surface area contributed by atoms with Gasteiger partial charge >= 0.3 is 0 Å². The highest BCUT2D eigenvalue weighted by Gasteiger charge is 2.24.